The van der Waals surface area contributed by atoms with Gasteiger partial charge in [0.1, 0.15) is 30.1 Å². The van der Waals surface area contributed by atoms with E-state index in [0.717, 1.165) is 10.8 Å². The van der Waals surface area contributed by atoms with Gasteiger partial charge >= 0.3 is 0 Å². The second kappa shape index (κ2) is 8.93. The molecule has 1 fully saturated rings. The van der Waals surface area contributed by atoms with Crippen LogP contribution in [-0.4, -0.2) is 68.7 Å². The van der Waals surface area contributed by atoms with Crippen molar-refractivity contribution in [3.8, 4) is 5.75 Å². The third-order valence-electron chi connectivity index (χ3n) is 4.04. The summed E-state index contributed by atoms with van der Waals surface area (Å²) < 4.78 is 4.81. The molecular weight excluding hydrogens is 342 g/mol. The van der Waals surface area contributed by atoms with Crippen LogP contribution in [-0.2, 0) is 9.53 Å². The van der Waals surface area contributed by atoms with Crippen molar-refractivity contribution in [2.45, 2.75) is 37.6 Å². The molecule has 0 unspecified atom stereocenters. The molecule has 1 aliphatic rings. The number of aliphatic hydroxyl groups is 4. The third kappa shape index (κ3) is 4.69. The minimum absolute atomic E-state index is 0.350. The van der Waals surface area contributed by atoms with Crippen LogP contribution in [0.15, 0.2) is 42.5 Å². The van der Waals surface area contributed by atoms with Crippen LogP contribution in [0.1, 0.15) is 6.92 Å². The van der Waals surface area contributed by atoms with Crippen molar-refractivity contribution < 1.29 is 35.1 Å². The Kier molecular flexibility index (Phi) is 6.90. The Morgan fingerprint density at radius 1 is 1.08 bits per heavy atom. The molecule has 0 aliphatic carbocycles. The number of phenols is 1. The van der Waals surface area contributed by atoms with Gasteiger partial charge in [0.2, 0.25) is 5.91 Å². The lowest BCUT2D eigenvalue weighted by Crippen LogP contribution is -2.63. The summed E-state index contributed by atoms with van der Waals surface area (Å²) in [4.78, 5) is 10.7. The lowest BCUT2D eigenvalue weighted by atomic mass is 9.97. The molecule has 0 radical (unpaired) electrons. The van der Waals surface area contributed by atoms with Crippen LogP contribution >= 0.6 is 0 Å². The van der Waals surface area contributed by atoms with Gasteiger partial charge in [-0.05, 0) is 11.5 Å². The quantitative estimate of drug-likeness (QED) is 0.420. The van der Waals surface area contributed by atoms with Crippen LogP contribution in [0.3, 0.4) is 0 Å². The van der Waals surface area contributed by atoms with Crippen molar-refractivity contribution in [1.29, 1.82) is 0 Å². The number of fused-ring (bicyclic) bond motifs is 1. The number of aliphatic hydroxyl groups excluding tert-OH is 4. The van der Waals surface area contributed by atoms with Crippen LogP contribution in [0.25, 0.3) is 10.8 Å². The zero-order valence-corrected chi connectivity index (χ0v) is 14.2. The third-order valence-corrected chi connectivity index (χ3v) is 4.04. The summed E-state index contributed by atoms with van der Waals surface area (Å²) >= 11 is 0. The van der Waals surface area contributed by atoms with E-state index in [1.807, 2.05) is 36.4 Å². The SMILES string of the molecule is CC(=O)N[C@@H]1[C@@H](O)[C@H](O)[C@@H](CO)O[C@H]1O.Oc1cccc2ccccc12. The molecule has 1 saturated heterocycles. The smallest absolute Gasteiger partial charge is 0.217 e. The molecule has 8 heteroatoms. The Morgan fingerprint density at radius 3 is 2.35 bits per heavy atom. The molecule has 8 nitrogen and oxygen atoms in total. The molecule has 6 N–H and O–H groups in total. The van der Waals surface area contributed by atoms with E-state index in [-0.39, 0.29) is 0 Å². The van der Waals surface area contributed by atoms with Crippen LogP contribution in [0.2, 0.25) is 0 Å². The van der Waals surface area contributed by atoms with Crippen LogP contribution in [0.5, 0.6) is 5.75 Å². The highest BCUT2D eigenvalue weighted by Gasteiger charge is 2.43. The van der Waals surface area contributed by atoms with E-state index in [0.29, 0.717) is 5.75 Å². The molecule has 3 rings (SSSR count). The maximum Gasteiger partial charge on any atom is 0.217 e. The first kappa shape index (κ1) is 20.1. The van der Waals surface area contributed by atoms with Gasteiger partial charge in [0.25, 0.3) is 0 Å². The first-order chi connectivity index (χ1) is 12.3. The van der Waals surface area contributed by atoms with E-state index in [2.05, 4.69) is 5.32 Å². The molecule has 1 heterocycles. The maximum atomic E-state index is 10.7. The number of phenolic OH excluding ortho intramolecular Hbond substituents is 1. The number of nitrogens with one attached hydrogen (secondary N) is 1. The van der Waals surface area contributed by atoms with E-state index in [4.69, 9.17) is 9.84 Å². The molecule has 142 valence electrons. The summed E-state index contributed by atoms with van der Waals surface area (Å²) in [5, 5.41) is 50.8. The topological polar surface area (TPSA) is 139 Å². The van der Waals surface area contributed by atoms with Gasteiger partial charge in [-0.1, -0.05) is 36.4 Å². The largest absolute Gasteiger partial charge is 0.507 e. The van der Waals surface area contributed by atoms with Gasteiger partial charge in [0.05, 0.1) is 6.61 Å². The fourth-order valence-electron chi connectivity index (χ4n) is 2.70. The standard InChI is InChI=1S/C10H8O.C8H15NO6/c11-10-7-3-5-8-4-1-2-6-9(8)10;1-3(11)9-5-7(13)6(12)4(2-10)15-8(5)14/h1-7,11H;4-8,10,12-14H,2H2,1H3,(H,9,11)/t;4-,5-,6-,7-,8-/m.1/s1. The van der Waals surface area contributed by atoms with Crippen molar-refractivity contribution in [3.05, 3.63) is 42.5 Å². The van der Waals surface area contributed by atoms with E-state index in [1.54, 1.807) is 6.07 Å². The number of amides is 1. The van der Waals surface area contributed by atoms with E-state index < -0.39 is 43.2 Å². The monoisotopic (exact) mass is 365 g/mol. The molecule has 2 aromatic rings. The summed E-state index contributed by atoms with van der Waals surface area (Å²) in [6.07, 6.45) is -5.24. The van der Waals surface area contributed by atoms with Crippen molar-refractivity contribution in [1.82, 2.24) is 5.32 Å². The van der Waals surface area contributed by atoms with E-state index in [9.17, 15) is 25.2 Å². The van der Waals surface area contributed by atoms with Gasteiger partial charge in [0.15, 0.2) is 6.29 Å². The Bertz CT molecular complexity index is 733. The number of ether oxygens (including phenoxy) is 1. The van der Waals surface area contributed by atoms with Crippen molar-refractivity contribution >= 4 is 16.7 Å². The minimum atomic E-state index is -1.45. The summed E-state index contributed by atoms with van der Waals surface area (Å²) in [5.41, 5.74) is 0. The average Bonchev–Trinajstić information content (AvgIpc) is 2.62. The molecule has 0 bridgehead atoms. The summed E-state index contributed by atoms with van der Waals surface area (Å²) in [6, 6.07) is 12.2. The van der Waals surface area contributed by atoms with Gasteiger partial charge in [-0.2, -0.15) is 0 Å². The normalized spacial score (nSPS) is 28.1. The number of hydrogen-bond acceptors (Lipinski definition) is 7. The van der Waals surface area contributed by atoms with Crippen LogP contribution in [0, 0.1) is 0 Å². The number of carbonyl (C=O) groups excluding carboxylic acids is 1. The van der Waals surface area contributed by atoms with Crippen LogP contribution in [0.4, 0.5) is 0 Å². The Morgan fingerprint density at radius 2 is 1.73 bits per heavy atom. The molecule has 0 saturated carbocycles. The second-order valence-corrected chi connectivity index (χ2v) is 5.95. The van der Waals surface area contributed by atoms with Gasteiger partial charge in [-0.3, -0.25) is 4.79 Å². The minimum Gasteiger partial charge on any atom is -0.507 e. The van der Waals surface area contributed by atoms with Crippen LogP contribution < -0.4 is 5.32 Å². The van der Waals surface area contributed by atoms with Gasteiger partial charge in [-0.25, -0.2) is 0 Å². The number of rotatable bonds is 2. The van der Waals surface area contributed by atoms with Gasteiger partial charge in [0, 0.05) is 12.3 Å². The van der Waals surface area contributed by atoms with E-state index in [1.165, 1.54) is 6.92 Å². The Hall–Kier alpha value is -2.23. The second-order valence-electron chi connectivity index (χ2n) is 5.95. The number of carbonyl (C=O) groups is 1. The zero-order valence-electron chi connectivity index (χ0n) is 14.2. The average molecular weight is 365 g/mol. The molecule has 1 aliphatic heterocycles. The Balaban J connectivity index is 0.000000195. The highest BCUT2D eigenvalue weighted by atomic mass is 16.6. The number of aromatic hydroxyl groups is 1. The molecular formula is C18H23NO7. The predicted molar refractivity (Wildman–Crippen MR) is 93.2 cm³/mol. The molecule has 1 amide bonds. The van der Waals surface area contributed by atoms with Crippen molar-refractivity contribution in [2.24, 2.45) is 0 Å². The summed E-state index contributed by atoms with van der Waals surface area (Å²) in [5.74, 6) is -0.112. The zero-order chi connectivity index (χ0) is 19.3. The lowest BCUT2D eigenvalue weighted by molar-refractivity contribution is -0.253. The molecule has 0 aromatic heterocycles. The first-order valence-corrected chi connectivity index (χ1v) is 8.09. The maximum absolute atomic E-state index is 10.7. The van der Waals surface area contributed by atoms with E-state index >= 15 is 0 Å². The first-order valence-electron chi connectivity index (χ1n) is 8.09. The predicted octanol–water partition coefficient (Wildman–Crippen LogP) is -0.532. The fourth-order valence-corrected chi connectivity index (χ4v) is 2.70. The lowest BCUT2D eigenvalue weighted by Gasteiger charge is -2.40. The summed E-state index contributed by atoms with van der Waals surface area (Å²) in [6.45, 7) is 0.687. The molecule has 26 heavy (non-hydrogen) atoms. The van der Waals surface area contributed by atoms with Gasteiger partial charge < -0.3 is 35.6 Å². The highest BCUT2D eigenvalue weighted by molar-refractivity contribution is 5.87. The number of benzene rings is 2. The molecule has 5 atom stereocenters. The van der Waals surface area contributed by atoms with Crippen molar-refractivity contribution in [3.63, 3.8) is 0 Å². The highest BCUT2D eigenvalue weighted by Crippen LogP contribution is 2.23. The van der Waals surface area contributed by atoms with Crippen molar-refractivity contribution in [2.75, 3.05) is 6.61 Å². The fraction of sp³-hybridized carbons (Fsp3) is 0.389. The summed E-state index contributed by atoms with van der Waals surface area (Å²) in [7, 11) is 0. The molecule has 2 aromatic carbocycles. The number of hydrogen-bond donors (Lipinski definition) is 6. The molecule has 0 spiro atoms. The Labute approximate surface area is 150 Å². The van der Waals surface area contributed by atoms with Gasteiger partial charge in [-0.15, -0.1) is 0 Å².